The molecule has 1 fully saturated rings. The zero-order valence-corrected chi connectivity index (χ0v) is 12.9. The molecule has 0 saturated heterocycles. The Bertz CT molecular complexity index is 505. The van der Waals surface area contributed by atoms with Crippen LogP contribution in [0.2, 0.25) is 0 Å². The maximum atomic E-state index is 11.2. The highest BCUT2D eigenvalue weighted by Gasteiger charge is 2.40. The van der Waals surface area contributed by atoms with E-state index in [0.717, 1.165) is 30.6 Å². The largest absolute Gasteiger partial charge is 0.493 e. The molecule has 0 N–H and O–H groups in total. The van der Waals surface area contributed by atoms with Crippen molar-refractivity contribution >= 4 is 29.8 Å². The Kier molecular flexibility index (Phi) is 3.56. The summed E-state index contributed by atoms with van der Waals surface area (Å²) in [5, 5.41) is 0. The second-order valence-corrected chi connectivity index (χ2v) is 7.61. The van der Waals surface area contributed by atoms with Crippen molar-refractivity contribution in [3.63, 3.8) is 0 Å². The topological polar surface area (TPSA) is 26.3 Å². The van der Waals surface area contributed by atoms with Gasteiger partial charge in [0, 0.05) is 17.5 Å². The van der Waals surface area contributed by atoms with Gasteiger partial charge in [-0.05, 0) is 49.0 Å². The Morgan fingerprint density at radius 2 is 2.05 bits per heavy atom. The predicted octanol–water partition coefficient (Wildman–Crippen LogP) is 4.04. The molecule has 0 unspecified atom stereocenters. The van der Waals surface area contributed by atoms with Gasteiger partial charge in [0.05, 0.1) is 10.7 Å². The van der Waals surface area contributed by atoms with Crippen molar-refractivity contribution in [3.8, 4) is 5.75 Å². The minimum Gasteiger partial charge on any atom is -0.493 e. The molecule has 1 aliphatic carbocycles. The van der Waals surface area contributed by atoms with Crippen LogP contribution in [0.15, 0.2) is 12.1 Å². The van der Waals surface area contributed by atoms with Gasteiger partial charge in [-0.1, -0.05) is 0 Å². The molecule has 0 spiro atoms. The molecule has 3 rings (SSSR count). The summed E-state index contributed by atoms with van der Waals surface area (Å²) >= 11 is 3.73. The highest BCUT2D eigenvalue weighted by Crippen LogP contribution is 2.56. The van der Waals surface area contributed by atoms with Crippen molar-refractivity contribution in [2.75, 3.05) is 19.1 Å². The van der Waals surface area contributed by atoms with E-state index in [-0.39, 0.29) is 4.08 Å². The van der Waals surface area contributed by atoms with E-state index in [2.05, 4.69) is 12.5 Å². The Morgan fingerprint density at radius 1 is 1.32 bits per heavy atom. The minimum absolute atomic E-state index is 0.0379. The third-order valence-corrected chi connectivity index (χ3v) is 7.21. The fourth-order valence-electron chi connectivity index (χ4n) is 2.81. The normalized spacial score (nSPS) is 20.5. The number of carbonyl (C=O) groups excluding carboxylic acids is 1. The number of carbonyl (C=O) groups is 1. The van der Waals surface area contributed by atoms with E-state index in [0.29, 0.717) is 5.92 Å². The van der Waals surface area contributed by atoms with Crippen LogP contribution in [0, 0.1) is 0 Å². The molecule has 19 heavy (non-hydrogen) atoms. The molecule has 1 aromatic carbocycles. The smallest absolute Gasteiger partial charge is 0.150 e. The third kappa shape index (κ3) is 2.19. The molecule has 0 bridgehead atoms. The second kappa shape index (κ2) is 5.06. The standard InChI is InChI=1S/C15H18O2S2/c1-18-15(19-2)5-6-17-14-12(11-3-4-11)7-10(9-16)8-13(14)15/h7-9,11H,3-6H2,1-2H3. The van der Waals surface area contributed by atoms with E-state index in [9.17, 15) is 4.79 Å². The average molecular weight is 294 g/mol. The van der Waals surface area contributed by atoms with Crippen molar-refractivity contribution in [1.29, 1.82) is 0 Å². The molecular formula is C15H18O2S2. The van der Waals surface area contributed by atoms with Gasteiger partial charge in [0.25, 0.3) is 0 Å². The number of hydrogen-bond acceptors (Lipinski definition) is 4. The monoisotopic (exact) mass is 294 g/mol. The molecule has 2 nitrogen and oxygen atoms in total. The van der Waals surface area contributed by atoms with Crippen molar-refractivity contribution < 1.29 is 9.53 Å². The second-order valence-electron chi connectivity index (χ2n) is 5.14. The van der Waals surface area contributed by atoms with Crippen LogP contribution < -0.4 is 4.74 Å². The molecule has 0 amide bonds. The molecule has 1 aromatic rings. The molecule has 1 heterocycles. The molecule has 2 aliphatic rings. The van der Waals surface area contributed by atoms with Crippen LogP contribution in [-0.2, 0) is 4.08 Å². The van der Waals surface area contributed by atoms with Crippen LogP contribution in [0.25, 0.3) is 0 Å². The molecule has 1 aliphatic heterocycles. The first-order valence-electron chi connectivity index (χ1n) is 6.61. The molecular weight excluding hydrogens is 276 g/mol. The number of aldehydes is 1. The van der Waals surface area contributed by atoms with Gasteiger partial charge >= 0.3 is 0 Å². The number of thioether (sulfide) groups is 2. The quantitative estimate of drug-likeness (QED) is 0.618. The van der Waals surface area contributed by atoms with Crippen molar-refractivity contribution in [2.24, 2.45) is 0 Å². The Morgan fingerprint density at radius 3 is 2.63 bits per heavy atom. The van der Waals surface area contributed by atoms with E-state index in [1.165, 1.54) is 24.0 Å². The van der Waals surface area contributed by atoms with Gasteiger partial charge < -0.3 is 4.74 Å². The highest BCUT2D eigenvalue weighted by molar-refractivity contribution is 8.16. The van der Waals surface area contributed by atoms with Gasteiger partial charge in [-0.2, -0.15) is 0 Å². The van der Waals surface area contributed by atoms with Gasteiger partial charge in [0.1, 0.15) is 12.0 Å². The lowest BCUT2D eigenvalue weighted by atomic mass is 9.96. The summed E-state index contributed by atoms with van der Waals surface area (Å²) in [6.07, 6.45) is 8.71. The number of hydrogen-bond donors (Lipinski definition) is 0. The Hall–Kier alpha value is -0.610. The van der Waals surface area contributed by atoms with Crippen LogP contribution in [0.4, 0.5) is 0 Å². The summed E-state index contributed by atoms with van der Waals surface area (Å²) in [6, 6.07) is 4.06. The maximum absolute atomic E-state index is 11.2. The molecule has 102 valence electrons. The highest BCUT2D eigenvalue weighted by atomic mass is 32.2. The molecule has 4 heteroatoms. The van der Waals surface area contributed by atoms with Crippen LogP contribution in [-0.4, -0.2) is 25.4 Å². The number of ether oxygens (including phenoxy) is 1. The summed E-state index contributed by atoms with van der Waals surface area (Å²) in [5.41, 5.74) is 3.26. The van der Waals surface area contributed by atoms with Crippen molar-refractivity contribution in [3.05, 3.63) is 28.8 Å². The predicted molar refractivity (Wildman–Crippen MR) is 82.6 cm³/mol. The van der Waals surface area contributed by atoms with Crippen LogP contribution >= 0.6 is 23.5 Å². The maximum Gasteiger partial charge on any atom is 0.150 e. The summed E-state index contributed by atoms with van der Waals surface area (Å²) in [6.45, 7) is 0.773. The van der Waals surface area contributed by atoms with E-state index < -0.39 is 0 Å². The lowest BCUT2D eigenvalue weighted by Gasteiger charge is -2.37. The summed E-state index contributed by atoms with van der Waals surface area (Å²) < 4.78 is 6.01. The Balaban J connectivity index is 2.19. The van der Waals surface area contributed by atoms with Gasteiger partial charge in [-0.15, -0.1) is 23.5 Å². The van der Waals surface area contributed by atoms with E-state index >= 15 is 0 Å². The zero-order valence-electron chi connectivity index (χ0n) is 11.3. The first-order valence-corrected chi connectivity index (χ1v) is 9.05. The van der Waals surface area contributed by atoms with E-state index in [4.69, 9.17) is 4.74 Å². The SMILES string of the molecule is CSC1(SC)CCOc2c(C3CC3)cc(C=O)cc21. The fraction of sp³-hybridized carbons (Fsp3) is 0.533. The number of fused-ring (bicyclic) bond motifs is 1. The van der Waals surface area contributed by atoms with Crippen LogP contribution in [0.5, 0.6) is 5.75 Å². The zero-order chi connectivity index (χ0) is 13.5. The van der Waals surface area contributed by atoms with Crippen LogP contribution in [0.3, 0.4) is 0 Å². The third-order valence-electron chi connectivity index (χ3n) is 4.04. The van der Waals surface area contributed by atoms with Gasteiger partial charge in [-0.25, -0.2) is 0 Å². The summed E-state index contributed by atoms with van der Waals surface area (Å²) in [7, 11) is 0. The lowest BCUT2D eigenvalue weighted by Crippen LogP contribution is -2.27. The summed E-state index contributed by atoms with van der Waals surface area (Å²) in [5.74, 6) is 1.66. The van der Waals surface area contributed by atoms with Crippen molar-refractivity contribution in [2.45, 2.75) is 29.3 Å². The first-order chi connectivity index (χ1) is 9.24. The van der Waals surface area contributed by atoms with Gasteiger partial charge in [0.2, 0.25) is 0 Å². The molecule has 0 aromatic heterocycles. The first kappa shape index (κ1) is 13.4. The average Bonchev–Trinajstić information content (AvgIpc) is 3.30. The Labute approximate surface area is 122 Å². The van der Waals surface area contributed by atoms with E-state index in [1.807, 2.05) is 35.7 Å². The lowest BCUT2D eigenvalue weighted by molar-refractivity contribution is 0.112. The molecule has 1 saturated carbocycles. The van der Waals surface area contributed by atoms with Gasteiger partial charge in [0.15, 0.2) is 0 Å². The molecule has 0 atom stereocenters. The van der Waals surface area contributed by atoms with Crippen molar-refractivity contribution in [1.82, 2.24) is 0 Å². The summed E-state index contributed by atoms with van der Waals surface area (Å²) in [4.78, 5) is 11.2. The number of benzene rings is 1. The fourth-order valence-corrected chi connectivity index (χ4v) is 4.80. The van der Waals surface area contributed by atoms with Gasteiger partial charge in [-0.3, -0.25) is 4.79 Å². The van der Waals surface area contributed by atoms with E-state index in [1.54, 1.807) is 0 Å². The number of rotatable bonds is 4. The van der Waals surface area contributed by atoms with Crippen LogP contribution in [0.1, 0.15) is 46.7 Å². The molecule has 0 radical (unpaired) electrons. The minimum atomic E-state index is 0.0379.